The van der Waals surface area contributed by atoms with Gasteiger partial charge in [0.05, 0.1) is 22.9 Å². The number of oxazole rings is 1. The van der Waals surface area contributed by atoms with Crippen LogP contribution < -0.4 is 4.90 Å². The Balaban J connectivity index is 1.18. The number of hydrogen-bond donors (Lipinski definition) is 0. The van der Waals surface area contributed by atoms with Gasteiger partial charge in [0.25, 0.3) is 0 Å². The molecule has 3 aromatic heterocycles. The maximum Gasteiger partial charge on any atom is 0.238 e. The van der Waals surface area contributed by atoms with Crippen molar-refractivity contribution in [2.45, 2.75) is 12.0 Å². The fraction of sp³-hybridized carbons (Fsp3) is 0.0435. The summed E-state index contributed by atoms with van der Waals surface area (Å²) in [6.45, 7) is 0. The van der Waals surface area contributed by atoms with Gasteiger partial charge in [-0.05, 0) is 66.2 Å². The Morgan fingerprint density at radius 2 is 1.24 bits per heavy atom. The first-order valence-electron chi connectivity index (χ1n) is 17.9. The van der Waals surface area contributed by atoms with Gasteiger partial charge in [0, 0.05) is 39.2 Å². The molecule has 6 aromatic carbocycles. The summed E-state index contributed by atoms with van der Waals surface area (Å²) in [6.07, 6.45) is 4.57. The highest BCUT2D eigenvalue weighted by Crippen LogP contribution is 2.58. The minimum atomic E-state index is -0.321. The summed E-state index contributed by atoms with van der Waals surface area (Å²) in [6, 6.07) is 49.2. The van der Waals surface area contributed by atoms with Gasteiger partial charge in [-0.25, -0.2) is 14.4 Å². The number of halogens is 1. The lowest BCUT2D eigenvalue weighted by Crippen LogP contribution is -2.26. The first kappa shape index (κ1) is 30.4. The van der Waals surface area contributed by atoms with Crippen LogP contribution >= 0.6 is 0 Å². The topological polar surface area (TPSA) is 72.9 Å². The first-order chi connectivity index (χ1) is 26.7. The number of anilines is 2. The minimum Gasteiger partial charge on any atom is -0.434 e. The van der Waals surface area contributed by atoms with Gasteiger partial charge in [0.2, 0.25) is 11.8 Å². The molecule has 2 unspecified atom stereocenters. The second-order valence-electron chi connectivity index (χ2n) is 13.6. The summed E-state index contributed by atoms with van der Waals surface area (Å²) in [5.41, 5.74) is 10.3. The quantitative estimate of drug-likeness (QED) is 0.178. The summed E-state index contributed by atoms with van der Waals surface area (Å²) in [7, 11) is 0. The maximum atomic E-state index is 14.1. The lowest BCUT2D eigenvalue weighted by molar-refractivity contribution is 0.606. The minimum absolute atomic E-state index is 0.00975. The van der Waals surface area contributed by atoms with Gasteiger partial charge in [-0.3, -0.25) is 4.57 Å². The Morgan fingerprint density at radius 1 is 0.574 bits per heavy atom. The molecule has 9 aromatic rings. The Bertz CT molecular complexity index is 2920. The molecule has 2 atom stereocenters. The van der Waals surface area contributed by atoms with E-state index in [1.165, 1.54) is 17.7 Å². The number of hydrogen-bond acceptors (Lipinski definition) is 6. The molecule has 0 N–H and O–H groups in total. The van der Waals surface area contributed by atoms with Crippen molar-refractivity contribution in [1.29, 1.82) is 0 Å². The molecule has 0 radical (unpaired) electrons. The summed E-state index contributed by atoms with van der Waals surface area (Å²) < 4.78 is 23.0. The normalized spacial score (nSPS) is 15.8. The average Bonchev–Trinajstić information content (AvgIpc) is 3.92. The molecule has 7 nitrogen and oxygen atoms in total. The number of fused-ring (bicyclic) bond motifs is 8. The van der Waals surface area contributed by atoms with Crippen LogP contribution in [0.4, 0.5) is 15.8 Å². The number of nitrogens with zero attached hydrogens (tertiary/aromatic N) is 6. The van der Waals surface area contributed by atoms with Crippen LogP contribution in [0.25, 0.3) is 68.3 Å². The van der Waals surface area contributed by atoms with Gasteiger partial charge < -0.3 is 9.32 Å². The van der Waals surface area contributed by atoms with Gasteiger partial charge in [-0.2, -0.15) is 9.97 Å². The second-order valence-corrected chi connectivity index (χ2v) is 13.6. The van der Waals surface area contributed by atoms with E-state index in [0.717, 1.165) is 55.8 Å². The first-order valence-corrected chi connectivity index (χ1v) is 17.9. The third kappa shape index (κ3) is 4.66. The fourth-order valence-corrected chi connectivity index (χ4v) is 8.15. The monoisotopic (exact) mass is 700 g/mol. The lowest BCUT2D eigenvalue weighted by Gasteiger charge is -2.33. The number of rotatable bonds is 5. The molecule has 54 heavy (non-hydrogen) atoms. The molecule has 0 spiro atoms. The van der Waals surface area contributed by atoms with Gasteiger partial charge >= 0.3 is 0 Å². The van der Waals surface area contributed by atoms with Crippen molar-refractivity contribution in [1.82, 2.24) is 24.5 Å². The van der Waals surface area contributed by atoms with Crippen molar-refractivity contribution < 1.29 is 8.81 Å². The molecule has 11 rings (SSSR count). The van der Waals surface area contributed by atoms with Crippen LogP contribution in [0.1, 0.15) is 28.8 Å². The van der Waals surface area contributed by atoms with Crippen LogP contribution in [0, 0.1) is 5.82 Å². The van der Waals surface area contributed by atoms with Crippen LogP contribution in [0.15, 0.2) is 162 Å². The molecular formula is C46H29FN6O. The molecule has 0 bridgehead atoms. The number of aromatic nitrogens is 5. The summed E-state index contributed by atoms with van der Waals surface area (Å²) in [4.78, 5) is 22.6. The van der Waals surface area contributed by atoms with E-state index in [1.54, 1.807) is 12.1 Å². The highest BCUT2D eigenvalue weighted by molar-refractivity contribution is 5.97. The van der Waals surface area contributed by atoms with Crippen LogP contribution in [0.5, 0.6) is 0 Å². The summed E-state index contributed by atoms with van der Waals surface area (Å²) in [5.74, 6) is 1.73. The Hall–Kier alpha value is -7.19. The number of para-hydroxylation sites is 3. The zero-order chi connectivity index (χ0) is 35.8. The standard InChI is InChI=1S/C46H29FN6O/c47-31-24-22-29(23-25-31)44-49-43(28-12-3-1-4-13-28)50-46(51-44)53-38-20-10-8-17-33(38)35-27-26-34-32-16-7-9-19-37(32)52(40(34)41(35)53)39-21-11-18-36-42(39)54-45(48-36)30-14-5-2-6-15-30/h1-27,34,40H. The predicted octanol–water partition coefficient (Wildman–Crippen LogP) is 11.1. The summed E-state index contributed by atoms with van der Waals surface area (Å²) >= 11 is 0. The van der Waals surface area contributed by atoms with Crippen molar-refractivity contribution in [3.05, 3.63) is 180 Å². The second kappa shape index (κ2) is 11.9. The van der Waals surface area contributed by atoms with Crippen LogP contribution in [-0.4, -0.2) is 24.5 Å². The third-order valence-electron chi connectivity index (χ3n) is 10.5. The van der Waals surface area contributed by atoms with Gasteiger partial charge in [-0.15, -0.1) is 0 Å². The van der Waals surface area contributed by atoms with E-state index in [9.17, 15) is 4.39 Å². The molecule has 8 heteroatoms. The van der Waals surface area contributed by atoms with E-state index in [4.69, 9.17) is 24.4 Å². The molecule has 1 aliphatic heterocycles. The molecule has 1 aliphatic carbocycles. The van der Waals surface area contributed by atoms with E-state index in [-0.39, 0.29) is 17.8 Å². The van der Waals surface area contributed by atoms with Crippen molar-refractivity contribution in [3.8, 4) is 40.2 Å². The molecular weight excluding hydrogens is 672 g/mol. The largest absolute Gasteiger partial charge is 0.434 e. The van der Waals surface area contributed by atoms with E-state index >= 15 is 0 Å². The maximum absolute atomic E-state index is 14.1. The molecule has 256 valence electrons. The molecule has 0 fully saturated rings. The number of benzene rings is 6. The third-order valence-corrected chi connectivity index (χ3v) is 10.5. The Labute approximate surface area is 309 Å². The zero-order valence-electron chi connectivity index (χ0n) is 28.7. The van der Waals surface area contributed by atoms with Crippen molar-refractivity contribution in [2.75, 3.05) is 4.90 Å². The van der Waals surface area contributed by atoms with Crippen LogP contribution in [0.3, 0.4) is 0 Å². The molecule has 0 saturated heterocycles. The van der Waals surface area contributed by atoms with Crippen molar-refractivity contribution in [2.24, 2.45) is 0 Å². The zero-order valence-corrected chi connectivity index (χ0v) is 28.7. The lowest BCUT2D eigenvalue weighted by atomic mass is 9.86. The molecule has 0 amide bonds. The smallest absolute Gasteiger partial charge is 0.238 e. The van der Waals surface area contributed by atoms with Gasteiger partial charge in [0.1, 0.15) is 11.3 Å². The van der Waals surface area contributed by atoms with E-state index in [1.807, 2.05) is 78.9 Å². The van der Waals surface area contributed by atoms with Crippen LogP contribution in [-0.2, 0) is 0 Å². The average molecular weight is 701 g/mol. The molecule has 0 saturated carbocycles. The SMILES string of the molecule is Fc1ccc(-c2nc(-c3ccccc3)nc(-n3c4c(c5ccccc53)C=CC3c5ccccc5N(c5cccc6nc(-c7ccccc7)oc56)C43)n2)cc1. The van der Waals surface area contributed by atoms with Crippen molar-refractivity contribution in [3.63, 3.8) is 0 Å². The fourth-order valence-electron chi connectivity index (χ4n) is 8.15. The van der Waals surface area contributed by atoms with E-state index in [2.05, 4.69) is 70.1 Å². The van der Waals surface area contributed by atoms with Crippen molar-refractivity contribution >= 4 is 39.5 Å². The highest BCUT2D eigenvalue weighted by atomic mass is 19.1. The predicted molar refractivity (Wildman–Crippen MR) is 210 cm³/mol. The Kier molecular flexibility index (Phi) is 6.72. The highest BCUT2D eigenvalue weighted by Gasteiger charge is 2.45. The molecule has 2 aliphatic rings. The molecule has 4 heterocycles. The van der Waals surface area contributed by atoms with Crippen LogP contribution in [0.2, 0.25) is 0 Å². The van der Waals surface area contributed by atoms with E-state index in [0.29, 0.717) is 29.1 Å². The van der Waals surface area contributed by atoms with Gasteiger partial charge in [0.15, 0.2) is 17.2 Å². The summed E-state index contributed by atoms with van der Waals surface area (Å²) in [5, 5.41) is 1.09. The Morgan fingerprint density at radius 3 is 2.04 bits per heavy atom. The van der Waals surface area contributed by atoms with E-state index < -0.39 is 0 Å². The van der Waals surface area contributed by atoms with Gasteiger partial charge in [-0.1, -0.05) is 103 Å².